The van der Waals surface area contributed by atoms with E-state index in [-0.39, 0.29) is 5.75 Å². The lowest BCUT2D eigenvalue weighted by Gasteiger charge is -2.03. The highest BCUT2D eigenvalue weighted by atomic mass is 32.2. The molecule has 0 amide bonds. The van der Waals surface area contributed by atoms with Crippen LogP contribution in [0.1, 0.15) is 5.69 Å². The van der Waals surface area contributed by atoms with Gasteiger partial charge in [0, 0.05) is 25.5 Å². The largest absolute Gasteiger partial charge is 0.314 e. The molecule has 0 fully saturated rings. The molecule has 1 aromatic rings. The lowest BCUT2D eigenvalue weighted by Crippen LogP contribution is -2.26. The van der Waals surface area contributed by atoms with Crippen molar-refractivity contribution in [3.05, 3.63) is 18.0 Å². The predicted octanol–water partition coefficient (Wildman–Crippen LogP) is -0.174. The summed E-state index contributed by atoms with van der Waals surface area (Å²) in [6, 6.07) is 1.94. The minimum Gasteiger partial charge on any atom is -0.314 e. The van der Waals surface area contributed by atoms with Gasteiger partial charge in [-0.3, -0.25) is 4.68 Å². The van der Waals surface area contributed by atoms with Crippen molar-refractivity contribution in [2.24, 2.45) is 0 Å². The summed E-state index contributed by atoms with van der Waals surface area (Å²) in [5.41, 5.74) is 0.992. The lowest BCUT2D eigenvalue weighted by atomic mass is 10.5. The molecule has 1 rings (SSSR count). The van der Waals surface area contributed by atoms with Gasteiger partial charge < -0.3 is 5.32 Å². The Morgan fingerprint density at radius 1 is 1.47 bits per heavy atom. The molecule has 0 saturated carbocycles. The molecule has 86 valence electrons. The van der Waals surface area contributed by atoms with Gasteiger partial charge in [-0.1, -0.05) is 0 Å². The van der Waals surface area contributed by atoms with Crippen LogP contribution in [0.3, 0.4) is 0 Å². The van der Waals surface area contributed by atoms with Gasteiger partial charge in [0.05, 0.1) is 18.0 Å². The minimum atomic E-state index is -2.85. The first-order valence-electron chi connectivity index (χ1n) is 4.86. The van der Waals surface area contributed by atoms with E-state index >= 15 is 0 Å². The molecular formula is C9H17N3O2S. The number of nitrogens with one attached hydrogen (secondary N) is 1. The van der Waals surface area contributed by atoms with Gasteiger partial charge in [0.1, 0.15) is 9.84 Å². The summed E-state index contributed by atoms with van der Waals surface area (Å²) in [4.78, 5) is 0. The topological polar surface area (TPSA) is 64.0 Å². The van der Waals surface area contributed by atoms with E-state index in [1.165, 1.54) is 6.26 Å². The van der Waals surface area contributed by atoms with Crippen molar-refractivity contribution in [3.63, 3.8) is 0 Å². The monoisotopic (exact) mass is 231 g/mol. The standard InChI is InChI=1S/C9H17N3O2S/c1-9-3-6-12(11-9)7-4-10-5-8-15(2,13)14/h3,6,10H,4-5,7-8H2,1-2H3. The molecule has 0 bridgehead atoms. The van der Waals surface area contributed by atoms with Crippen molar-refractivity contribution in [3.8, 4) is 0 Å². The third-order valence-corrected chi connectivity index (χ3v) is 2.89. The van der Waals surface area contributed by atoms with E-state index in [9.17, 15) is 8.42 Å². The fourth-order valence-corrected chi connectivity index (χ4v) is 1.68. The van der Waals surface area contributed by atoms with Crippen molar-refractivity contribution in [2.75, 3.05) is 25.1 Å². The van der Waals surface area contributed by atoms with Gasteiger partial charge in [-0.25, -0.2) is 8.42 Å². The predicted molar refractivity (Wildman–Crippen MR) is 59.5 cm³/mol. The molecule has 1 aromatic heterocycles. The van der Waals surface area contributed by atoms with Gasteiger partial charge in [0.15, 0.2) is 0 Å². The zero-order valence-electron chi connectivity index (χ0n) is 9.10. The van der Waals surface area contributed by atoms with Crippen molar-refractivity contribution in [1.29, 1.82) is 0 Å². The van der Waals surface area contributed by atoms with Crippen LogP contribution in [0.15, 0.2) is 12.3 Å². The third-order valence-electron chi connectivity index (χ3n) is 1.94. The SMILES string of the molecule is Cc1ccn(CCNCCS(C)(=O)=O)n1. The van der Waals surface area contributed by atoms with Crippen molar-refractivity contribution >= 4 is 9.84 Å². The maximum Gasteiger partial charge on any atom is 0.148 e. The van der Waals surface area contributed by atoms with E-state index in [4.69, 9.17) is 0 Å². The molecule has 5 nitrogen and oxygen atoms in total. The summed E-state index contributed by atoms with van der Waals surface area (Å²) < 4.78 is 23.5. The van der Waals surface area contributed by atoms with E-state index in [2.05, 4.69) is 10.4 Å². The Kier molecular flexibility index (Phi) is 4.28. The normalized spacial score (nSPS) is 11.9. The van der Waals surface area contributed by atoms with Gasteiger partial charge in [-0.05, 0) is 13.0 Å². The molecule has 0 spiro atoms. The van der Waals surface area contributed by atoms with Crippen LogP contribution in [-0.2, 0) is 16.4 Å². The van der Waals surface area contributed by atoms with Crippen molar-refractivity contribution in [1.82, 2.24) is 15.1 Å². The molecule has 15 heavy (non-hydrogen) atoms. The summed E-state index contributed by atoms with van der Waals surface area (Å²) in [5.74, 6) is 0.186. The van der Waals surface area contributed by atoms with E-state index in [0.29, 0.717) is 6.54 Å². The molecule has 0 unspecified atom stereocenters. The number of sulfone groups is 1. The number of nitrogens with zero attached hydrogens (tertiary/aromatic N) is 2. The van der Waals surface area contributed by atoms with E-state index in [1.807, 2.05) is 23.9 Å². The number of aryl methyl sites for hydroxylation is 1. The number of hydrogen-bond donors (Lipinski definition) is 1. The maximum absolute atomic E-state index is 10.8. The Morgan fingerprint density at radius 3 is 2.73 bits per heavy atom. The average Bonchev–Trinajstić information content (AvgIpc) is 2.49. The zero-order valence-corrected chi connectivity index (χ0v) is 9.92. The van der Waals surface area contributed by atoms with E-state index in [0.717, 1.165) is 18.8 Å². The third kappa shape index (κ3) is 5.54. The quantitative estimate of drug-likeness (QED) is 0.690. The van der Waals surface area contributed by atoms with Gasteiger partial charge in [-0.15, -0.1) is 0 Å². The maximum atomic E-state index is 10.8. The molecule has 0 aromatic carbocycles. The van der Waals surface area contributed by atoms with Gasteiger partial charge >= 0.3 is 0 Å². The fraction of sp³-hybridized carbons (Fsp3) is 0.667. The molecule has 1 N–H and O–H groups in total. The molecule has 6 heteroatoms. The minimum absolute atomic E-state index is 0.186. The summed E-state index contributed by atoms with van der Waals surface area (Å²) in [5, 5.41) is 7.28. The van der Waals surface area contributed by atoms with Gasteiger partial charge in [0.2, 0.25) is 0 Å². The Morgan fingerprint density at radius 2 is 2.20 bits per heavy atom. The summed E-state index contributed by atoms with van der Waals surface area (Å²) in [7, 11) is -2.85. The van der Waals surface area contributed by atoms with Crippen LogP contribution in [0, 0.1) is 6.92 Å². The van der Waals surface area contributed by atoms with Crippen LogP contribution in [0.2, 0.25) is 0 Å². The second-order valence-corrected chi connectivity index (χ2v) is 5.86. The number of rotatable bonds is 6. The smallest absolute Gasteiger partial charge is 0.148 e. The Labute approximate surface area is 90.4 Å². The first kappa shape index (κ1) is 12.2. The fourth-order valence-electron chi connectivity index (χ4n) is 1.16. The highest BCUT2D eigenvalue weighted by Crippen LogP contribution is 1.91. The van der Waals surface area contributed by atoms with Crippen LogP contribution in [0.5, 0.6) is 0 Å². The second-order valence-electron chi connectivity index (χ2n) is 3.60. The van der Waals surface area contributed by atoms with Crippen LogP contribution in [0.4, 0.5) is 0 Å². The van der Waals surface area contributed by atoms with Crippen LogP contribution in [0.25, 0.3) is 0 Å². The van der Waals surface area contributed by atoms with Crippen LogP contribution >= 0.6 is 0 Å². The highest BCUT2D eigenvalue weighted by molar-refractivity contribution is 7.90. The molecule has 0 aliphatic rings. The van der Waals surface area contributed by atoms with Crippen molar-refractivity contribution < 1.29 is 8.42 Å². The van der Waals surface area contributed by atoms with Crippen LogP contribution in [-0.4, -0.2) is 43.3 Å². The highest BCUT2D eigenvalue weighted by Gasteiger charge is 2.00. The zero-order chi connectivity index (χ0) is 11.3. The Bertz CT molecular complexity index is 397. The van der Waals surface area contributed by atoms with Crippen molar-refractivity contribution in [2.45, 2.75) is 13.5 Å². The lowest BCUT2D eigenvalue weighted by molar-refractivity contribution is 0.557. The molecule has 0 aliphatic heterocycles. The first-order valence-corrected chi connectivity index (χ1v) is 6.92. The second kappa shape index (κ2) is 5.27. The molecule has 0 saturated heterocycles. The first-order chi connectivity index (χ1) is 6.97. The summed E-state index contributed by atoms with van der Waals surface area (Å²) >= 11 is 0. The van der Waals surface area contributed by atoms with E-state index in [1.54, 1.807) is 0 Å². The van der Waals surface area contributed by atoms with Gasteiger partial charge in [-0.2, -0.15) is 5.10 Å². The summed E-state index contributed by atoms with van der Waals surface area (Å²) in [6.07, 6.45) is 3.15. The van der Waals surface area contributed by atoms with Crippen LogP contribution < -0.4 is 5.32 Å². The number of hydrogen-bond acceptors (Lipinski definition) is 4. The number of aromatic nitrogens is 2. The Balaban J connectivity index is 2.12. The Hall–Kier alpha value is -0.880. The molecule has 0 aliphatic carbocycles. The molecule has 1 heterocycles. The molecule has 0 radical (unpaired) electrons. The summed E-state index contributed by atoms with van der Waals surface area (Å²) in [6.45, 7) is 3.93. The van der Waals surface area contributed by atoms with Gasteiger partial charge in [0.25, 0.3) is 0 Å². The van der Waals surface area contributed by atoms with E-state index < -0.39 is 9.84 Å². The average molecular weight is 231 g/mol. The molecule has 0 atom stereocenters. The molecular weight excluding hydrogens is 214 g/mol.